The summed E-state index contributed by atoms with van der Waals surface area (Å²) in [5.74, 6) is 0.201. The van der Waals surface area contributed by atoms with E-state index in [4.69, 9.17) is 4.74 Å². The molecular formula is C17H25N3O3. The Kier molecular flexibility index (Phi) is 6.40. The number of ether oxygens (including phenoxy) is 1. The van der Waals surface area contributed by atoms with Gasteiger partial charge in [0.25, 0.3) is 0 Å². The van der Waals surface area contributed by atoms with Crippen LogP contribution < -0.4 is 5.32 Å². The van der Waals surface area contributed by atoms with Crippen molar-refractivity contribution in [3.63, 3.8) is 0 Å². The van der Waals surface area contributed by atoms with Crippen molar-refractivity contribution >= 4 is 17.5 Å². The average Bonchev–Trinajstić information content (AvgIpc) is 2.58. The molecular weight excluding hydrogens is 294 g/mol. The second kappa shape index (κ2) is 8.53. The minimum absolute atomic E-state index is 0.0847. The maximum Gasteiger partial charge on any atom is 0.242 e. The van der Waals surface area contributed by atoms with E-state index in [1.165, 1.54) is 0 Å². The Morgan fingerprint density at radius 1 is 1.26 bits per heavy atom. The first kappa shape index (κ1) is 17.3. The second-order valence-corrected chi connectivity index (χ2v) is 5.84. The van der Waals surface area contributed by atoms with Crippen LogP contribution in [0.1, 0.15) is 12.0 Å². The minimum Gasteiger partial charge on any atom is -0.378 e. The third-order valence-corrected chi connectivity index (χ3v) is 3.86. The molecule has 1 N–H and O–H groups in total. The van der Waals surface area contributed by atoms with Crippen molar-refractivity contribution in [3.05, 3.63) is 29.8 Å². The molecule has 1 aliphatic rings. The molecule has 1 aliphatic heterocycles. The van der Waals surface area contributed by atoms with Crippen molar-refractivity contribution in [2.75, 3.05) is 52.3 Å². The first-order valence-corrected chi connectivity index (χ1v) is 7.95. The van der Waals surface area contributed by atoms with Gasteiger partial charge < -0.3 is 19.9 Å². The Labute approximate surface area is 137 Å². The summed E-state index contributed by atoms with van der Waals surface area (Å²) in [5, 5.41) is 3.17. The molecule has 1 heterocycles. The van der Waals surface area contributed by atoms with Crippen LogP contribution in [0.25, 0.3) is 0 Å². The highest BCUT2D eigenvalue weighted by atomic mass is 16.5. The highest BCUT2D eigenvalue weighted by Gasteiger charge is 2.16. The van der Waals surface area contributed by atoms with Gasteiger partial charge >= 0.3 is 0 Å². The van der Waals surface area contributed by atoms with Gasteiger partial charge in [-0.25, -0.2) is 0 Å². The molecule has 0 atom stereocenters. The van der Waals surface area contributed by atoms with E-state index in [9.17, 15) is 9.59 Å². The van der Waals surface area contributed by atoms with E-state index in [0.29, 0.717) is 39.1 Å². The zero-order valence-electron chi connectivity index (χ0n) is 13.9. The van der Waals surface area contributed by atoms with Crippen molar-refractivity contribution in [2.45, 2.75) is 12.8 Å². The van der Waals surface area contributed by atoms with E-state index in [2.05, 4.69) is 5.32 Å². The fraction of sp³-hybridized carbons (Fsp3) is 0.529. The predicted octanol–water partition coefficient (Wildman–Crippen LogP) is 0.978. The van der Waals surface area contributed by atoms with Gasteiger partial charge in [-0.3, -0.25) is 9.59 Å². The summed E-state index contributed by atoms with van der Waals surface area (Å²) in [6, 6.07) is 7.87. The number of rotatable bonds is 6. The molecule has 6 heteroatoms. The summed E-state index contributed by atoms with van der Waals surface area (Å²) >= 11 is 0. The fourth-order valence-corrected chi connectivity index (χ4v) is 2.41. The number of nitrogens with one attached hydrogen (secondary N) is 1. The third-order valence-electron chi connectivity index (χ3n) is 3.86. The molecule has 2 rings (SSSR count). The van der Waals surface area contributed by atoms with Crippen LogP contribution >= 0.6 is 0 Å². The summed E-state index contributed by atoms with van der Waals surface area (Å²) in [7, 11) is 3.52. The molecule has 1 saturated heterocycles. The van der Waals surface area contributed by atoms with Gasteiger partial charge in [0.15, 0.2) is 0 Å². The van der Waals surface area contributed by atoms with Crippen LogP contribution in [0.4, 0.5) is 5.69 Å². The van der Waals surface area contributed by atoms with Crippen molar-refractivity contribution in [1.29, 1.82) is 0 Å². The zero-order chi connectivity index (χ0) is 16.7. The summed E-state index contributed by atoms with van der Waals surface area (Å²) in [6.07, 6.45) is 1.19. The Morgan fingerprint density at radius 2 is 2.00 bits per heavy atom. The van der Waals surface area contributed by atoms with Crippen LogP contribution in [-0.4, -0.2) is 68.6 Å². The topological polar surface area (TPSA) is 61.9 Å². The number of carbonyl (C=O) groups excluding carboxylic acids is 2. The molecule has 126 valence electrons. The summed E-state index contributed by atoms with van der Waals surface area (Å²) in [6.45, 7) is 2.82. The van der Waals surface area contributed by atoms with Gasteiger partial charge in [0, 0.05) is 39.3 Å². The monoisotopic (exact) mass is 319 g/mol. The zero-order valence-corrected chi connectivity index (χ0v) is 13.9. The van der Waals surface area contributed by atoms with E-state index < -0.39 is 0 Å². The van der Waals surface area contributed by atoms with Crippen LogP contribution in [0.5, 0.6) is 0 Å². The Bertz CT molecular complexity index is 540. The number of aryl methyl sites for hydroxylation is 1. The SMILES string of the molecule is CN(C)C(=O)CCc1cccc(NCC(=O)N2CCOCC2)c1. The maximum atomic E-state index is 12.1. The van der Waals surface area contributed by atoms with Crippen molar-refractivity contribution < 1.29 is 14.3 Å². The van der Waals surface area contributed by atoms with Gasteiger partial charge in [-0.05, 0) is 24.1 Å². The van der Waals surface area contributed by atoms with Crippen molar-refractivity contribution in [3.8, 4) is 0 Å². The fourth-order valence-electron chi connectivity index (χ4n) is 2.41. The van der Waals surface area contributed by atoms with Crippen LogP contribution in [0, 0.1) is 0 Å². The number of carbonyl (C=O) groups is 2. The quantitative estimate of drug-likeness (QED) is 0.849. The van der Waals surface area contributed by atoms with Crippen LogP contribution in [-0.2, 0) is 20.7 Å². The summed E-state index contributed by atoms with van der Waals surface area (Å²) in [4.78, 5) is 27.2. The second-order valence-electron chi connectivity index (χ2n) is 5.84. The highest BCUT2D eigenvalue weighted by Crippen LogP contribution is 2.13. The Hall–Kier alpha value is -2.08. The van der Waals surface area contributed by atoms with Crippen LogP contribution in [0.3, 0.4) is 0 Å². The lowest BCUT2D eigenvalue weighted by molar-refractivity contribution is -0.133. The smallest absolute Gasteiger partial charge is 0.242 e. The molecule has 0 bridgehead atoms. The van der Waals surface area contributed by atoms with Gasteiger partial charge in [-0.2, -0.15) is 0 Å². The maximum absolute atomic E-state index is 12.1. The van der Waals surface area contributed by atoms with E-state index in [-0.39, 0.29) is 18.4 Å². The number of nitrogens with zero attached hydrogens (tertiary/aromatic N) is 2. The predicted molar refractivity (Wildman–Crippen MR) is 89.3 cm³/mol. The molecule has 6 nitrogen and oxygen atoms in total. The Balaban J connectivity index is 1.82. The molecule has 0 saturated carbocycles. The van der Waals surface area contributed by atoms with Gasteiger partial charge in [0.2, 0.25) is 11.8 Å². The lowest BCUT2D eigenvalue weighted by atomic mass is 10.1. The number of hydrogen-bond donors (Lipinski definition) is 1. The van der Waals surface area contributed by atoms with Gasteiger partial charge in [0.1, 0.15) is 0 Å². The summed E-state index contributed by atoms with van der Waals surface area (Å²) in [5.41, 5.74) is 1.99. The van der Waals surface area contributed by atoms with Crippen molar-refractivity contribution in [2.24, 2.45) is 0 Å². The molecule has 0 spiro atoms. The summed E-state index contributed by atoms with van der Waals surface area (Å²) < 4.78 is 5.25. The number of morpholine rings is 1. The van der Waals surface area contributed by atoms with E-state index in [0.717, 1.165) is 11.3 Å². The molecule has 1 aromatic rings. The standard InChI is InChI=1S/C17H25N3O3/c1-19(2)16(21)7-6-14-4-3-5-15(12-14)18-13-17(22)20-8-10-23-11-9-20/h3-5,12,18H,6-11,13H2,1-2H3. The highest BCUT2D eigenvalue weighted by molar-refractivity contribution is 5.81. The number of hydrogen-bond acceptors (Lipinski definition) is 4. The molecule has 0 aromatic heterocycles. The largest absolute Gasteiger partial charge is 0.378 e. The van der Waals surface area contributed by atoms with Gasteiger partial charge in [0.05, 0.1) is 19.8 Å². The van der Waals surface area contributed by atoms with E-state index in [1.807, 2.05) is 29.2 Å². The Morgan fingerprint density at radius 3 is 2.70 bits per heavy atom. The minimum atomic E-state index is 0.0847. The lowest BCUT2D eigenvalue weighted by Crippen LogP contribution is -2.43. The van der Waals surface area contributed by atoms with E-state index in [1.54, 1.807) is 19.0 Å². The molecule has 0 unspecified atom stereocenters. The van der Waals surface area contributed by atoms with Gasteiger partial charge in [-0.15, -0.1) is 0 Å². The normalized spacial score (nSPS) is 14.4. The van der Waals surface area contributed by atoms with Crippen LogP contribution in [0.15, 0.2) is 24.3 Å². The first-order valence-electron chi connectivity index (χ1n) is 7.95. The molecule has 2 amide bonds. The van der Waals surface area contributed by atoms with Crippen molar-refractivity contribution in [1.82, 2.24) is 9.80 Å². The van der Waals surface area contributed by atoms with E-state index >= 15 is 0 Å². The lowest BCUT2D eigenvalue weighted by Gasteiger charge is -2.27. The molecule has 1 aromatic carbocycles. The third kappa shape index (κ3) is 5.56. The average molecular weight is 319 g/mol. The van der Waals surface area contributed by atoms with Gasteiger partial charge in [-0.1, -0.05) is 12.1 Å². The molecule has 0 aliphatic carbocycles. The molecule has 0 radical (unpaired) electrons. The molecule has 23 heavy (non-hydrogen) atoms. The number of anilines is 1. The molecule has 1 fully saturated rings. The number of benzene rings is 1. The first-order chi connectivity index (χ1) is 11.1. The van der Waals surface area contributed by atoms with Crippen LogP contribution in [0.2, 0.25) is 0 Å². The number of amides is 2.